The van der Waals surface area contributed by atoms with E-state index >= 15 is 0 Å². The Morgan fingerprint density at radius 1 is 1.04 bits per heavy atom. The van der Waals surface area contributed by atoms with Crippen molar-refractivity contribution in [3.8, 4) is 0 Å². The average Bonchev–Trinajstić information content (AvgIpc) is 2.94. The van der Waals surface area contributed by atoms with Gasteiger partial charge in [-0.2, -0.15) is 0 Å². The zero-order valence-corrected chi connectivity index (χ0v) is 15.4. The van der Waals surface area contributed by atoms with Crippen LogP contribution >= 0.6 is 0 Å². The Bertz CT molecular complexity index is 718. The lowest BCUT2D eigenvalue weighted by Crippen LogP contribution is -2.62. The molecule has 8 heteroatoms. The van der Waals surface area contributed by atoms with Crippen LogP contribution < -0.4 is 0 Å². The summed E-state index contributed by atoms with van der Waals surface area (Å²) in [6, 6.07) is 8.56. The van der Waals surface area contributed by atoms with Crippen molar-refractivity contribution in [3.63, 3.8) is 0 Å². The van der Waals surface area contributed by atoms with Crippen LogP contribution in [0.1, 0.15) is 37.0 Å². The largest absolute Gasteiger partial charge is 0.456 e. The van der Waals surface area contributed by atoms with Crippen molar-refractivity contribution in [1.29, 1.82) is 0 Å². The zero-order valence-electron chi connectivity index (χ0n) is 15.4. The van der Waals surface area contributed by atoms with Gasteiger partial charge in [0.2, 0.25) is 0 Å². The molecule has 1 saturated heterocycles. The predicted molar refractivity (Wildman–Crippen MR) is 90.6 cm³/mol. The molecule has 27 heavy (non-hydrogen) atoms. The number of esters is 3. The smallest absolute Gasteiger partial charge is 0.338 e. The molecular formula is C19H22O8. The summed E-state index contributed by atoms with van der Waals surface area (Å²) in [6.45, 7) is 2.50. The first kappa shape index (κ1) is 19.3. The minimum atomic E-state index is -1.11. The zero-order chi connectivity index (χ0) is 19.6. The Morgan fingerprint density at radius 2 is 1.70 bits per heavy atom. The Morgan fingerprint density at radius 3 is 2.22 bits per heavy atom. The number of carbonyl (C=O) groups is 3. The maximum Gasteiger partial charge on any atom is 0.338 e. The minimum Gasteiger partial charge on any atom is -0.456 e. The van der Waals surface area contributed by atoms with E-state index in [1.807, 2.05) is 0 Å². The van der Waals surface area contributed by atoms with E-state index in [0.717, 1.165) is 0 Å². The van der Waals surface area contributed by atoms with E-state index in [9.17, 15) is 14.4 Å². The van der Waals surface area contributed by atoms with Gasteiger partial charge in [0.1, 0.15) is 11.7 Å². The maximum atomic E-state index is 12.4. The van der Waals surface area contributed by atoms with Gasteiger partial charge in [-0.25, -0.2) is 4.79 Å². The van der Waals surface area contributed by atoms with Crippen LogP contribution in [0.2, 0.25) is 0 Å². The van der Waals surface area contributed by atoms with Crippen LogP contribution in [0, 0.1) is 0 Å². The van der Waals surface area contributed by atoms with Crippen molar-refractivity contribution in [1.82, 2.24) is 0 Å². The summed E-state index contributed by atoms with van der Waals surface area (Å²) >= 11 is 0. The van der Waals surface area contributed by atoms with Crippen molar-refractivity contribution in [3.05, 3.63) is 35.9 Å². The van der Waals surface area contributed by atoms with Gasteiger partial charge in [0.05, 0.1) is 5.56 Å². The minimum absolute atomic E-state index is 0.404. The van der Waals surface area contributed by atoms with Gasteiger partial charge in [0.25, 0.3) is 0 Å². The standard InChI is InChI=1S/C19H22O8/c1-11(20)24-15-16(25-12(2)21)19(27-18(15)23-3)10-9-14(19)26-17(22)13-7-5-4-6-8-13/h4-8,14-16,18H,9-10H2,1-3H3/t14-,15?,16?,18?,19+/m0/s1. The quantitative estimate of drug-likeness (QED) is 0.563. The molecule has 2 aliphatic rings. The van der Waals surface area contributed by atoms with Gasteiger partial charge < -0.3 is 23.7 Å². The summed E-state index contributed by atoms with van der Waals surface area (Å²) < 4.78 is 27.6. The van der Waals surface area contributed by atoms with E-state index in [-0.39, 0.29) is 0 Å². The van der Waals surface area contributed by atoms with Crippen molar-refractivity contribution in [2.24, 2.45) is 0 Å². The fourth-order valence-electron chi connectivity index (χ4n) is 3.55. The summed E-state index contributed by atoms with van der Waals surface area (Å²) in [4.78, 5) is 35.6. The first-order valence-electron chi connectivity index (χ1n) is 8.68. The van der Waals surface area contributed by atoms with E-state index in [0.29, 0.717) is 18.4 Å². The Hall–Kier alpha value is -2.45. The van der Waals surface area contributed by atoms with Crippen LogP contribution in [0.5, 0.6) is 0 Å². The van der Waals surface area contributed by atoms with Crippen molar-refractivity contribution in [2.45, 2.75) is 56.9 Å². The van der Waals surface area contributed by atoms with Gasteiger partial charge in [-0.15, -0.1) is 0 Å². The van der Waals surface area contributed by atoms with Crippen molar-refractivity contribution >= 4 is 17.9 Å². The molecular weight excluding hydrogens is 356 g/mol. The third-order valence-electron chi connectivity index (χ3n) is 4.81. The number of benzene rings is 1. The Labute approximate surface area is 156 Å². The number of carbonyl (C=O) groups excluding carboxylic acids is 3. The molecule has 0 N–H and O–H groups in total. The number of methoxy groups -OCH3 is 1. The predicted octanol–water partition coefficient (Wildman–Crippen LogP) is 1.61. The van der Waals surface area contributed by atoms with Crippen molar-refractivity contribution in [2.75, 3.05) is 7.11 Å². The summed E-state index contributed by atoms with van der Waals surface area (Å²) in [5.74, 6) is -1.62. The first-order chi connectivity index (χ1) is 12.9. The topological polar surface area (TPSA) is 97.4 Å². The lowest BCUT2D eigenvalue weighted by atomic mass is 9.72. The molecule has 0 radical (unpaired) electrons. The lowest BCUT2D eigenvalue weighted by Gasteiger charge is -2.47. The summed E-state index contributed by atoms with van der Waals surface area (Å²) in [7, 11) is 1.40. The number of hydrogen-bond acceptors (Lipinski definition) is 8. The van der Waals surface area contributed by atoms with Crippen molar-refractivity contribution < 1.29 is 38.1 Å². The molecule has 1 saturated carbocycles. The molecule has 0 bridgehead atoms. The fraction of sp³-hybridized carbons (Fsp3) is 0.526. The van der Waals surface area contributed by atoms with Crippen LogP contribution in [0.3, 0.4) is 0 Å². The number of hydrogen-bond donors (Lipinski definition) is 0. The SMILES string of the molecule is COC1O[C@@]2(CC[C@@H]2OC(=O)c2ccccc2)C(OC(C)=O)C1OC(C)=O. The maximum absolute atomic E-state index is 12.4. The van der Waals surface area contributed by atoms with E-state index in [1.54, 1.807) is 30.3 Å². The van der Waals surface area contributed by atoms with Crippen LogP contribution in [0.25, 0.3) is 0 Å². The summed E-state index contributed by atoms with van der Waals surface area (Å²) in [5, 5.41) is 0. The van der Waals surface area contributed by atoms with E-state index in [1.165, 1.54) is 21.0 Å². The van der Waals surface area contributed by atoms with Gasteiger partial charge in [-0.05, 0) is 25.0 Å². The molecule has 1 aliphatic heterocycles. The van der Waals surface area contributed by atoms with Gasteiger partial charge in [-0.1, -0.05) is 18.2 Å². The Balaban J connectivity index is 1.83. The second-order valence-electron chi connectivity index (χ2n) is 6.58. The highest BCUT2D eigenvalue weighted by atomic mass is 16.7. The molecule has 1 heterocycles. The second kappa shape index (κ2) is 7.66. The third kappa shape index (κ3) is 3.68. The second-order valence-corrected chi connectivity index (χ2v) is 6.58. The number of ether oxygens (including phenoxy) is 5. The van der Waals surface area contributed by atoms with Gasteiger partial charge in [0.15, 0.2) is 18.5 Å². The van der Waals surface area contributed by atoms with E-state index in [2.05, 4.69) is 0 Å². The summed E-state index contributed by atoms with van der Waals surface area (Å²) in [6.07, 6.45) is -2.49. The van der Waals surface area contributed by atoms with E-state index < -0.39 is 48.1 Å². The molecule has 3 unspecified atom stereocenters. The lowest BCUT2D eigenvalue weighted by molar-refractivity contribution is -0.245. The molecule has 8 nitrogen and oxygen atoms in total. The highest BCUT2D eigenvalue weighted by molar-refractivity contribution is 5.89. The third-order valence-corrected chi connectivity index (χ3v) is 4.81. The highest BCUT2D eigenvalue weighted by Crippen LogP contribution is 2.50. The molecule has 1 aromatic rings. The molecule has 0 aromatic heterocycles. The molecule has 3 rings (SSSR count). The normalized spacial score (nSPS) is 31.8. The van der Waals surface area contributed by atoms with Gasteiger partial charge in [-0.3, -0.25) is 9.59 Å². The van der Waals surface area contributed by atoms with Gasteiger partial charge in [0, 0.05) is 21.0 Å². The van der Waals surface area contributed by atoms with E-state index in [4.69, 9.17) is 23.7 Å². The fourth-order valence-corrected chi connectivity index (χ4v) is 3.55. The molecule has 1 spiro atoms. The molecule has 1 aliphatic carbocycles. The molecule has 5 atom stereocenters. The highest BCUT2D eigenvalue weighted by Gasteiger charge is 2.68. The molecule has 0 amide bonds. The Kier molecular flexibility index (Phi) is 5.48. The van der Waals surface area contributed by atoms with Gasteiger partial charge >= 0.3 is 17.9 Å². The molecule has 2 fully saturated rings. The van der Waals surface area contributed by atoms with Crippen LogP contribution in [0.4, 0.5) is 0 Å². The average molecular weight is 378 g/mol. The molecule has 1 aromatic carbocycles. The van der Waals surface area contributed by atoms with Crippen LogP contribution in [-0.4, -0.2) is 55.2 Å². The monoisotopic (exact) mass is 378 g/mol. The summed E-state index contributed by atoms with van der Waals surface area (Å²) in [5.41, 5.74) is -0.710. The number of rotatable bonds is 5. The first-order valence-corrected chi connectivity index (χ1v) is 8.68. The van der Waals surface area contributed by atoms with Crippen LogP contribution in [0.15, 0.2) is 30.3 Å². The van der Waals surface area contributed by atoms with Crippen LogP contribution in [-0.2, 0) is 33.3 Å². The molecule has 146 valence electrons.